The van der Waals surface area contributed by atoms with Gasteiger partial charge in [-0.1, -0.05) is 19.9 Å². The highest BCUT2D eigenvalue weighted by Crippen LogP contribution is 2.39. The predicted octanol–water partition coefficient (Wildman–Crippen LogP) is 4.37. The minimum Gasteiger partial charge on any atom is -0.493 e. The zero-order valence-electron chi connectivity index (χ0n) is 17.5. The van der Waals surface area contributed by atoms with Crippen molar-refractivity contribution in [1.29, 1.82) is 0 Å². The Morgan fingerprint density at radius 1 is 0.929 bits per heavy atom. The largest absolute Gasteiger partial charge is 0.493 e. The summed E-state index contributed by atoms with van der Waals surface area (Å²) in [6.07, 6.45) is 1.98. The summed E-state index contributed by atoms with van der Waals surface area (Å²) in [4.78, 5) is 0. The summed E-state index contributed by atoms with van der Waals surface area (Å²) in [5.41, 5.74) is 3.62. The molecule has 152 valence electrons. The molecule has 2 aromatic carbocycles. The van der Waals surface area contributed by atoms with Crippen LogP contribution in [-0.4, -0.2) is 34.5 Å². The summed E-state index contributed by atoms with van der Waals surface area (Å²) in [5, 5.41) is 3.62. The number of methoxy groups -OCH3 is 3. The van der Waals surface area contributed by atoms with Gasteiger partial charge in [0, 0.05) is 6.54 Å². The van der Waals surface area contributed by atoms with Crippen molar-refractivity contribution in [2.24, 2.45) is 5.92 Å². The molecule has 1 atom stereocenters. The quantitative estimate of drug-likeness (QED) is 0.731. The van der Waals surface area contributed by atoms with Crippen molar-refractivity contribution < 1.29 is 18.9 Å². The van der Waals surface area contributed by atoms with Crippen LogP contribution < -0.4 is 24.3 Å². The lowest BCUT2D eigenvalue weighted by Crippen LogP contribution is -2.30. The van der Waals surface area contributed by atoms with Crippen molar-refractivity contribution in [2.45, 2.75) is 32.7 Å². The summed E-state index contributed by atoms with van der Waals surface area (Å²) >= 11 is 0. The molecule has 0 amide bonds. The molecule has 0 bridgehead atoms. The maximum Gasteiger partial charge on any atom is 0.161 e. The van der Waals surface area contributed by atoms with Crippen molar-refractivity contribution in [3.63, 3.8) is 0 Å². The van der Waals surface area contributed by atoms with E-state index in [2.05, 4.69) is 43.4 Å². The average Bonchev–Trinajstić information content (AvgIpc) is 2.72. The van der Waals surface area contributed by atoms with Gasteiger partial charge in [-0.3, -0.25) is 0 Å². The lowest BCUT2D eigenvalue weighted by Gasteiger charge is -2.29. The Morgan fingerprint density at radius 3 is 2.29 bits per heavy atom. The maximum absolute atomic E-state index is 5.94. The van der Waals surface area contributed by atoms with Crippen LogP contribution >= 0.6 is 0 Å². The number of hydrogen-bond acceptors (Lipinski definition) is 5. The normalized spacial score (nSPS) is 15.9. The van der Waals surface area contributed by atoms with E-state index in [1.165, 1.54) is 11.1 Å². The van der Waals surface area contributed by atoms with Crippen LogP contribution in [0.15, 0.2) is 30.3 Å². The fourth-order valence-corrected chi connectivity index (χ4v) is 3.57. The third kappa shape index (κ3) is 4.36. The molecule has 5 heteroatoms. The van der Waals surface area contributed by atoms with Gasteiger partial charge in [-0.25, -0.2) is 0 Å². The minimum atomic E-state index is 0.0715. The van der Waals surface area contributed by atoms with E-state index in [4.69, 9.17) is 18.9 Å². The van der Waals surface area contributed by atoms with E-state index in [9.17, 15) is 0 Å². The van der Waals surface area contributed by atoms with Crippen molar-refractivity contribution in [1.82, 2.24) is 5.32 Å². The molecule has 0 radical (unpaired) electrons. The number of rotatable bonds is 8. The molecule has 1 aliphatic heterocycles. The van der Waals surface area contributed by atoms with Crippen LogP contribution in [0, 0.1) is 5.92 Å². The number of fused-ring (bicyclic) bond motifs is 1. The molecule has 5 nitrogen and oxygen atoms in total. The van der Waals surface area contributed by atoms with Crippen molar-refractivity contribution in [2.75, 3.05) is 34.5 Å². The molecule has 1 heterocycles. The fourth-order valence-electron chi connectivity index (χ4n) is 3.57. The van der Waals surface area contributed by atoms with Crippen LogP contribution in [0.3, 0.4) is 0 Å². The van der Waals surface area contributed by atoms with Crippen LogP contribution in [0.5, 0.6) is 23.0 Å². The zero-order chi connectivity index (χ0) is 20.1. The average molecular weight is 386 g/mol. The third-order valence-electron chi connectivity index (χ3n) is 5.17. The molecule has 1 aliphatic rings. The Balaban J connectivity index is 1.90. The van der Waals surface area contributed by atoms with E-state index in [0.717, 1.165) is 47.9 Å². The molecule has 0 saturated carbocycles. The monoisotopic (exact) mass is 385 g/mol. The molecule has 0 spiro atoms. The van der Waals surface area contributed by atoms with Crippen molar-refractivity contribution in [3.05, 3.63) is 47.0 Å². The number of nitrogens with one attached hydrogen (secondary N) is 1. The zero-order valence-corrected chi connectivity index (χ0v) is 17.5. The lowest BCUT2D eigenvalue weighted by atomic mass is 9.89. The topological polar surface area (TPSA) is 49.0 Å². The summed E-state index contributed by atoms with van der Waals surface area (Å²) in [7, 11) is 5.03. The molecule has 28 heavy (non-hydrogen) atoms. The smallest absolute Gasteiger partial charge is 0.161 e. The highest BCUT2D eigenvalue weighted by Gasteiger charge is 2.25. The van der Waals surface area contributed by atoms with Gasteiger partial charge in [-0.15, -0.1) is 0 Å². The Kier molecular flexibility index (Phi) is 6.68. The highest BCUT2D eigenvalue weighted by atomic mass is 16.5. The van der Waals surface area contributed by atoms with Crippen LogP contribution in [0.2, 0.25) is 0 Å². The molecule has 0 saturated heterocycles. The van der Waals surface area contributed by atoms with E-state index < -0.39 is 0 Å². The summed E-state index contributed by atoms with van der Waals surface area (Å²) in [5.74, 6) is 3.68. The summed E-state index contributed by atoms with van der Waals surface area (Å²) < 4.78 is 22.5. The third-order valence-corrected chi connectivity index (χ3v) is 5.17. The van der Waals surface area contributed by atoms with Crippen LogP contribution in [0.1, 0.15) is 43.0 Å². The van der Waals surface area contributed by atoms with Crippen molar-refractivity contribution in [3.8, 4) is 23.0 Å². The van der Waals surface area contributed by atoms with E-state index >= 15 is 0 Å². The van der Waals surface area contributed by atoms with Crippen LogP contribution in [0.4, 0.5) is 0 Å². The number of benzene rings is 2. The first kappa shape index (κ1) is 20.3. The Hall–Kier alpha value is -2.40. The first-order valence-electron chi connectivity index (χ1n) is 9.86. The fraction of sp³-hybridized carbons (Fsp3) is 0.478. The van der Waals surface area contributed by atoms with Gasteiger partial charge in [-0.2, -0.15) is 0 Å². The first-order valence-corrected chi connectivity index (χ1v) is 9.86. The molecule has 2 aromatic rings. The second-order valence-corrected chi connectivity index (χ2v) is 7.48. The van der Waals surface area contributed by atoms with E-state index in [0.29, 0.717) is 12.5 Å². The van der Waals surface area contributed by atoms with Gasteiger partial charge < -0.3 is 24.3 Å². The van der Waals surface area contributed by atoms with Gasteiger partial charge in [0.05, 0.1) is 34.0 Å². The summed E-state index contributed by atoms with van der Waals surface area (Å²) in [6.45, 7) is 5.98. The standard InChI is InChI=1S/C23H31NO4/c1-15(2)9-11-28-19-7-6-17(13-20(19)25-3)23-18-14-22(27-5)21(26-4)12-16(18)8-10-24-23/h6-7,12-15,23-24H,8-11H2,1-5H3. The number of hydrogen-bond donors (Lipinski definition) is 1. The van der Waals surface area contributed by atoms with Crippen molar-refractivity contribution >= 4 is 0 Å². The van der Waals surface area contributed by atoms with E-state index in [1.807, 2.05) is 6.07 Å². The molecule has 1 N–H and O–H groups in total. The second kappa shape index (κ2) is 9.20. The summed E-state index contributed by atoms with van der Waals surface area (Å²) in [6, 6.07) is 10.4. The predicted molar refractivity (Wildman–Crippen MR) is 111 cm³/mol. The minimum absolute atomic E-state index is 0.0715. The second-order valence-electron chi connectivity index (χ2n) is 7.48. The molecule has 3 rings (SSSR count). The van der Waals surface area contributed by atoms with Gasteiger partial charge >= 0.3 is 0 Å². The SMILES string of the molecule is COc1cc2c(cc1OC)C(c1ccc(OCCC(C)C)c(OC)c1)NCC2. The Labute approximate surface area is 168 Å². The molecule has 1 unspecified atom stereocenters. The van der Waals surface area contributed by atoms with E-state index in [-0.39, 0.29) is 6.04 Å². The molecule has 0 aliphatic carbocycles. The van der Waals surface area contributed by atoms with Gasteiger partial charge in [0.2, 0.25) is 0 Å². The number of ether oxygens (including phenoxy) is 4. The molecular weight excluding hydrogens is 354 g/mol. The molecule has 0 aromatic heterocycles. The van der Waals surface area contributed by atoms with Gasteiger partial charge in [0.15, 0.2) is 23.0 Å². The molecular formula is C23H31NO4. The first-order chi connectivity index (χ1) is 13.6. The lowest BCUT2D eigenvalue weighted by molar-refractivity contribution is 0.272. The maximum atomic E-state index is 5.94. The molecule has 0 fully saturated rings. The van der Waals surface area contributed by atoms with Crippen LogP contribution in [-0.2, 0) is 6.42 Å². The van der Waals surface area contributed by atoms with Gasteiger partial charge in [0.1, 0.15) is 0 Å². The van der Waals surface area contributed by atoms with Gasteiger partial charge in [0.25, 0.3) is 0 Å². The Morgan fingerprint density at radius 2 is 1.61 bits per heavy atom. The van der Waals surface area contributed by atoms with Gasteiger partial charge in [-0.05, 0) is 59.7 Å². The highest BCUT2D eigenvalue weighted by molar-refractivity contribution is 5.53. The Bertz CT molecular complexity index is 803. The van der Waals surface area contributed by atoms with E-state index in [1.54, 1.807) is 21.3 Å². The van der Waals surface area contributed by atoms with Crippen LogP contribution in [0.25, 0.3) is 0 Å².